The number of nitrogens with one attached hydrogen (secondary N) is 1. The zero-order chi connectivity index (χ0) is 12.8. The molecule has 1 saturated carbocycles. The normalized spacial score (nSPS) is 29.3. The monoisotopic (exact) mass is 251 g/mol. The van der Waals surface area contributed by atoms with Crippen LogP contribution in [0.4, 0.5) is 0 Å². The Morgan fingerprint density at radius 3 is 2.83 bits per heavy atom. The molecule has 18 heavy (non-hydrogen) atoms. The molecule has 0 bridgehead atoms. The number of aliphatic hydroxyl groups excluding tert-OH is 1. The lowest BCUT2D eigenvalue weighted by Gasteiger charge is -2.22. The van der Waals surface area contributed by atoms with E-state index in [9.17, 15) is 9.90 Å². The van der Waals surface area contributed by atoms with Gasteiger partial charge in [-0.25, -0.2) is 0 Å². The van der Waals surface area contributed by atoms with Crippen LogP contribution in [0.1, 0.15) is 64.2 Å². The van der Waals surface area contributed by atoms with Gasteiger partial charge in [0.05, 0.1) is 12.1 Å². The average molecular weight is 251 g/mol. The highest BCUT2D eigenvalue weighted by molar-refractivity contribution is 5.78. The first kappa shape index (κ1) is 13.6. The van der Waals surface area contributed by atoms with Gasteiger partial charge in [0.1, 0.15) is 0 Å². The molecule has 2 aliphatic rings. The zero-order valence-corrected chi connectivity index (χ0v) is 11.2. The Kier molecular flexibility index (Phi) is 5.24. The van der Waals surface area contributed by atoms with Gasteiger partial charge < -0.3 is 10.4 Å². The number of hydrogen-bond acceptors (Lipinski definition) is 2. The van der Waals surface area contributed by atoms with E-state index in [1.165, 1.54) is 24.8 Å². The second kappa shape index (κ2) is 6.93. The minimum absolute atomic E-state index is 0.0239. The number of aliphatic hydroxyl groups is 1. The van der Waals surface area contributed by atoms with Crippen molar-refractivity contribution >= 4 is 5.91 Å². The fourth-order valence-corrected chi connectivity index (χ4v) is 2.99. The Balaban J connectivity index is 1.80. The largest absolute Gasteiger partial charge is 0.391 e. The van der Waals surface area contributed by atoms with E-state index in [-0.39, 0.29) is 18.1 Å². The summed E-state index contributed by atoms with van der Waals surface area (Å²) in [4.78, 5) is 12.0. The Bertz CT molecular complexity index is 312. The molecule has 2 atom stereocenters. The van der Waals surface area contributed by atoms with Crippen LogP contribution in [0.5, 0.6) is 0 Å². The highest BCUT2D eigenvalue weighted by Crippen LogP contribution is 2.21. The molecule has 3 heteroatoms. The van der Waals surface area contributed by atoms with Gasteiger partial charge in [-0.15, -0.1) is 0 Å². The Labute approximate surface area is 110 Å². The molecule has 1 fully saturated rings. The summed E-state index contributed by atoms with van der Waals surface area (Å²) in [5.41, 5.74) is 1.28. The predicted molar refractivity (Wildman–Crippen MR) is 72.2 cm³/mol. The van der Waals surface area contributed by atoms with Crippen LogP contribution in [0.3, 0.4) is 0 Å². The van der Waals surface area contributed by atoms with Crippen LogP contribution in [0.25, 0.3) is 0 Å². The van der Waals surface area contributed by atoms with Crippen molar-refractivity contribution < 1.29 is 9.90 Å². The van der Waals surface area contributed by atoms with Crippen LogP contribution >= 0.6 is 0 Å². The van der Waals surface area contributed by atoms with Crippen molar-refractivity contribution in [2.45, 2.75) is 76.4 Å². The molecule has 0 aromatic heterocycles. The van der Waals surface area contributed by atoms with Crippen molar-refractivity contribution in [2.24, 2.45) is 0 Å². The summed E-state index contributed by atoms with van der Waals surface area (Å²) in [6.45, 7) is 0. The van der Waals surface area contributed by atoms with Crippen molar-refractivity contribution in [2.75, 3.05) is 0 Å². The highest BCUT2D eigenvalue weighted by Gasteiger charge is 2.23. The Morgan fingerprint density at radius 1 is 1.22 bits per heavy atom. The van der Waals surface area contributed by atoms with E-state index < -0.39 is 0 Å². The molecular formula is C15H25NO2. The van der Waals surface area contributed by atoms with Gasteiger partial charge in [-0.2, -0.15) is 0 Å². The zero-order valence-electron chi connectivity index (χ0n) is 11.2. The number of rotatable bonds is 3. The summed E-state index contributed by atoms with van der Waals surface area (Å²) in [5, 5.41) is 13.0. The molecule has 0 radical (unpaired) electrons. The van der Waals surface area contributed by atoms with E-state index >= 15 is 0 Å². The van der Waals surface area contributed by atoms with Crippen molar-refractivity contribution in [1.29, 1.82) is 0 Å². The maximum absolute atomic E-state index is 12.0. The molecule has 3 nitrogen and oxygen atoms in total. The predicted octanol–water partition coefficient (Wildman–Crippen LogP) is 2.69. The molecule has 0 saturated heterocycles. The molecule has 0 aliphatic heterocycles. The minimum atomic E-state index is -0.350. The van der Waals surface area contributed by atoms with Gasteiger partial charge in [0, 0.05) is 6.42 Å². The molecule has 2 aliphatic carbocycles. The van der Waals surface area contributed by atoms with Crippen LogP contribution < -0.4 is 5.32 Å². The van der Waals surface area contributed by atoms with E-state index in [1.54, 1.807) is 0 Å². The SMILES string of the molecule is O=C(CC1=CCCCC1)NC1CCCCCC1O. The van der Waals surface area contributed by atoms with Gasteiger partial charge in [-0.3, -0.25) is 4.79 Å². The molecule has 2 N–H and O–H groups in total. The molecule has 2 rings (SSSR count). The van der Waals surface area contributed by atoms with Gasteiger partial charge in [-0.05, 0) is 38.5 Å². The van der Waals surface area contributed by atoms with Crippen LogP contribution in [0.15, 0.2) is 11.6 Å². The number of carbonyl (C=O) groups is 1. The number of amides is 1. The van der Waals surface area contributed by atoms with Gasteiger partial charge in [-0.1, -0.05) is 30.9 Å². The summed E-state index contributed by atoms with van der Waals surface area (Å²) in [6, 6.07) is -0.0239. The summed E-state index contributed by atoms with van der Waals surface area (Å²) in [6.07, 6.45) is 12.2. The third kappa shape index (κ3) is 4.13. The third-order valence-electron chi connectivity index (χ3n) is 4.10. The Hall–Kier alpha value is -0.830. The van der Waals surface area contributed by atoms with Gasteiger partial charge in [0.15, 0.2) is 0 Å². The molecule has 0 heterocycles. The number of hydrogen-bond donors (Lipinski definition) is 2. The maximum Gasteiger partial charge on any atom is 0.224 e. The first-order valence-electron chi connectivity index (χ1n) is 7.41. The van der Waals surface area contributed by atoms with E-state index in [1.807, 2.05) is 0 Å². The summed E-state index contributed by atoms with van der Waals surface area (Å²) < 4.78 is 0. The summed E-state index contributed by atoms with van der Waals surface area (Å²) in [5.74, 6) is 0.0918. The smallest absolute Gasteiger partial charge is 0.224 e. The van der Waals surface area contributed by atoms with Gasteiger partial charge in [0.25, 0.3) is 0 Å². The van der Waals surface area contributed by atoms with Crippen LogP contribution in [-0.2, 0) is 4.79 Å². The molecule has 0 aromatic carbocycles. The fraction of sp³-hybridized carbons (Fsp3) is 0.800. The molecule has 0 aromatic rings. The molecular weight excluding hydrogens is 226 g/mol. The number of allylic oxidation sites excluding steroid dienone is 1. The van der Waals surface area contributed by atoms with Crippen molar-refractivity contribution in [3.8, 4) is 0 Å². The first-order valence-corrected chi connectivity index (χ1v) is 7.41. The van der Waals surface area contributed by atoms with Crippen LogP contribution in [0, 0.1) is 0 Å². The molecule has 2 unspecified atom stereocenters. The van der Waals surface area contributed by atoms with Crippen molar-refractivity contribution in [1.82, 2.24) is 5.32 Å². The van der Waals surface area contributed by atoms with E-state index in [2.05, 4.69) is 11.4 Å². The fourth-order valence-electron chi connectivity index (χ4n) is 2.99. The second-order valence-electron chi connectivity index (χ2n) is 5.66. The molecule has 102 valence electrons. The third-order valence-corrected chi connectivity index (χ3v) is 4.10. The second-order valence-corrected chi connectivity index (χ2v) is 5.66. The van der Waals surface area contributed by atoms with Crippen LogP contribution in [0.2, 0.25) is 0 Å². The summed E-state index contributed by atoms with van der Waals surface area (Å²) in [7, 11) is 0. The van der Waals surface area contributed by atoms with Gasteiger partial charge >= 0.3 is 0 Å². The van der Waals surface area contributed by atoms with Crippen LogP contribution in [-0.4, -0.2) is 23.2 Å². The highest BCUT2D eigenvalue weighted by atomic mass is 16.3. The Morgan fingerprint density at radius 2 is 2.06 bits per heavy atom. The standard InChI is InChI=1S/C15H25NO2/c17-14-10-6-2-5-9-13(14)16-15(18)11-12-7-3-1-4-8-12/h7,13-14,17H,1-6,8-11H2,(H,16,18). The topological polar surface area (TPSA) is 49.3 Å². The minimum Gasteiger partial charge on any atom is -0.391 e. The van der Waals surface area contributed by atoms with E-state index in [0.29, 0.717) is 6.42 Å². The van der Waals surface area contributed by atoms with E-state index in [0.717, 1.165) is 38.5 Å². The maximum atomic E-state index is 12.0. The average Bonchev–Trinajstić information content (AvgIpc) is 2.56. The lowest BCUT2D eigenvalue weighted by molar-refractivity contribution is -0.122. The van der Waals surface area contributed by atoms with Crippen molar-refractivity contribution in [3.05, 3.63) is 11.6 Å². The van der Waals surface area contributed by atoms with E-state index in [4.69, 9.17) is 0 Å². The number of carbonyl (C=O) groups excluding carboxylic acids is 1. The van der Waals surface area contributed by atoms with Gasteiger partial charge in [0.2, 0.25) is 5.91 Å². The first-order chi connectivity index (χ1) is 8.75. The molecule has 1 amide bonds. The lowest BCUT2D eigenvalue weighted by atomic mass is 9.96. The lowest BCUT2D eigenvalue weighted by Crippen LogP contribution is -2.42. The molecule has 0 spiro atoms. The van der Waals surface area contributed by atoms with Crippen molar-refractivity contribution in [3.63, 3.8) is 0 Å². The summed E-state index contributed by atoms with van der Waals surface area (Å²) >= 11 is 0. The quantitative estimate of drug-likeness (QED) is 0.598.